The van der Waals surface area contributed by atoms with Gasteiger partial charge in [-0.3, -0.25) is 0 Å². The molecule has 0 radical (unpaired) electrons. The van der Waals surface area contributed by atoms with Crippen molar-refractivity contribution in [3.05, 3.63) is 81.6 Å². The Hall–Kier alpha value is -3.30. The molecule has 6 heteroatoms. The highest BCUT2D eigenvalue weighted by molar-refractivity contribution is 9.10. The Morgan fingerprint density at radius 1 is 1.03 bits per heavy atom. The van der Waals surface area contributed by atoms with Gasteiger partial charge in [-0.25, -0.2) is 4.98 Å². The van der Waals surface area contributed by atoms with Gasteiger partial charge in [0.05, 0.1) is 24.4 Å². The number of pyridine rings is 1. The number of ether oxygens (including phenoxy) is 2. The summed E-state index contributed by atoms with van der Waals surface area (Å²) in [4.78, 5) is 4.82. The molecule has 4 rings (SSSR count). The summed E-state index contributed by atoms with van der Waals surface area (Å²) in [5.74, 6) is 1.30. The number of halogens is 1. The zero-order valence-corrected chi connectivity index (χ0v) is 18.5. The Labute approximate surface area is 183 Å². The van der Waals surface area contributed by atoms with E-state index in [1.54, 1.807) is 19.2 Å². The lowest BCUT2D eigenvalue weighted by Gasteiger charge is -2.12. The van der Waals surface area contributed by atoms with Crippen molar-refractivity contribution in [2.45, 2.75) is 20.5 Å². The molecular formula is C24H20BrN3O2. The maximum Gasteiger partial charge on any atom is 0.161 e. The molecule has 0 spiro atoms. The van der Waals surface area contributed by atoms with E-state index in [0.717, 1.165) is 32.5 Å². The highest BCUT2D eigenvalue weighted by Gasteiger charge is 2.13. The Balaban J connectivity index is 1.61. The third-order valence-electron chi connectivity index (χ3n) is 5.18. The van der Waals surface area contributed by atoms with Crippen molar-refractivity contribution in [3.8, 4) is 28.8 Å². The first-order valence-corrected chi connectivity index (χ1v) is 10.2. The second-order valence-corrected chi connectivity index (χ2v) is 7.90. The molecule has 2 aromatic heterocycles. The van der Waals surface area contributed by atoms with Gasteiger partial charge in [-0.05, 0) is 76.8 Å². The van der Waals surface area contributed by atoms with Crippen molar-refractivity contribution in [1.29, 1.82) is 5.26 Å². The van der Waals surface area contributed by atoms with Crippen LogP contribution in [0.3, 0.4) is 0 Å². The van der Waals surface area contributed by atoms with Gasteiger partial charge in [0.25, 0.3) is 0 Å². The molecule has 0 aliphatic carbocycles. The molecule has 0 amide bonds. The maximum absolute atomic E-state index is 8.91. The second kappa shape index (κ2) is 8.21. The standard InChI is InChI=1S/C24H20BrN3O2/c1-15-16(2)24-27-21(13-28(24)12-20(15)25)19-8-9-22(23(10-19)29-3)30-14-18-6-4-17(11-26)5-7-18/h4-10,12-13H,14H2,1-3H3. The number of nitrogens with zero attached hydrogens (tertiary/aromatic N) is 3. The van der Waals surface area contributed by atoms with E-state index in [0.29, 0.717) is 23.7 Å². The second-order valence-electron chi connectivity index (χ2n) is 7.05. The molecule has 150 valence electrons. The molecule has 0 bridgehead atoms. The quantitative estimate of drug-likeness (QED) is 0.374. The number of rotatable bonds is 5. The SMILES string of the molecule is COc1cc(-c2cn3cc(Br)c(C)c(C)c3n2)ccc1OCc1ccc(C#N)cc1. The lowest BCUT2D eigenvalue weighted by atomic mass is 10.1. The summed E-state index contributed by atoms with van der Waals surface area (Å²) in [7, 11) is 1.63. The number of aryl methyl sites for hydroxylation is 1. The van der Waals surface area contributed by atoms with E-state index < -0.39 is 0 Å². The van der Waals surface area contributed by atoms with Crippen molar-refractivity contribution in [1.82, 2.24) is 9.38 Å². The molecule has 0 N–H and O–H groups in total. The number of hydrogen-bond acceptors (Lipinski definition) is 4. The first-order valence-electron chi connectivity index (χ1n) is 9.45. The summed E-state index contributed by atoms with van der Waals surface area (Å²) in [5, 5.41) is 8.91. The molecule has 0 aliphatic heterocycles. The van der Waals surface area contributed by atoms with Gasteiger partial charge in [0.2, 0.25) is 0 Å². The average molecular weight is 462 g/mol. The maximum atomic E-state index is 8.91. The molecule has 0 unspecified atom stereocenters. The monoisotopic (exact) mass is 461 g/mol. The summed E-state index contributed by atoms with van der Waals surface area (Å²) in [6.07, 6.45) is 4.04. The van der Waals surface area contributed by atoms with E-state index in [9.17, 15) is 0 Å². The lowest BCUT2D eigenvalue weighted by molar-refractivity contribution is 0.284. The Kier molecular flexibility index (Phi) is 5.47. The first kappa shape index (κ1) is 20.0. The smallest absolute Gasteiger partial charge is 0.161 e. The number of nitriles is 1. The highest BCUT2D eigenvalue weighted by Crippen LogP contribution is 2.34. The van der Waals surface area contributed by atoms with Crippen LogP contribution in [-0.4, -0.2) is 16.5 Å². The molecular weight excluding hydrogens is 442 g/mol. The van der Waals surface area contributed by atoms with Crippen molar-refractivity contribution in [2.24, 2.45) is 0 Å². The third kappa shape index (κ3) is 3.77. The highest BCUT2D eigenvalue weighted by atomic mass is 79.9. The van der Waals surface area contributed by atoms with Crippen LogP contribution < -0.4 is 9.47 Å². The van der Waals surface area contributed by atoms with Crippen LogP contribution >= 0.6 is 15.9 Å². The summed E-state index contributed by atoms with van der Waals surface area (Å²) >= 11 is 3.61. The summed E-state index contributed by atoms with van der Waals surface area (Å²) in [6, 6.07) is 15.3. The molecule has 0 atom stereocenters. The molecule has 0 saturated carbocycles. The third-order valence-corrected chi connectivity index (χ3v) is 5.98. The number of hydrogen-bond donors (Lipinski definition) is 0. The van der Waals surface area contributed by atoms with E-state index in [4.69, 9.17) is 19.7 Å². The normalized spacial score (nSPS) is 10.8. The average Bonchev–Trinajstić information content (AvgIpc) is 3.20. The molecule has 2 aromatic carbocycles. The summed E-state index contributed by atoms with van der Waals surface area (Å²) in [5.41, 5.74) is 6.70. The van der Waals surface area contributed by atoms with Crippen molar-refractivity contribution >= 4 is 21.6 Å². The van der Waals surface area contributed by atoms with Gasteiger partial charge in [-0.15, -0.1) is 0 Å². The Morgan fingerprint density at radius 3 is 2.50 bits per heavy atom. The van der Waals surface area contributed by atoms with E-state index in [2.05, 4.69) is 35.8 Å². The van der Waals surface area contributed by atoms with Gasteiger partial charge in [0.15, 0.2) is 11.5 Å². The summed E-state index contributed by atoms with van der Waals surface area (Å²) < 4.78 is 14.6. The largest absolute Gasteiger partial charge is 0.493 e. The van der Waals surface area contributed by atoms with Gasteiger partial charge < -0.3 is 13.9 Å². The zero-order chi connectivity index (χ0) is 21.3. The predicted octanol–water partition coefficient (Wildman–Crippen LogP) is 5.84. The van der Waals surface area contributed by atoms with Gasteiger partial charge in [-0.2, -0.15) is 5.26 Å². The van der Waals surface area contributed by atoms with Crippen LogP contribution in [0.25, 0.3) is 16.9 Å². The number of imidazole rings is 1. The molecule has 2 heterocycles. The molecule has 5 nitrogen and oxygen atoms in total. The molecule has 4 aromatic rings. The van der Waals surface area contributed by atoms with Crippen LogP contribution in [0.2, 0.25) is 0 Å². The molecule has 0 saturated heterocycles. The van der Waals surface area contributed by atoms with E-state index >= 15 is 0 Å². The minimum atomic E-state index is 0.391. The van der Waals surface area contributed by atoms with E-state index in [-0.39, 0.29) is 0 Å². The van der Waals surface area contributed by atoms with Gasteiger partial charge in [0.1, 0.15) is 12.3 Å². The van der Waals surface area contributed by atoms with Crippen LogP contribution in [0, 0.1) is 25.2 Å². The first-order chi connectivity index (χ1) is 14.5. The minimum absolute atomic E-state index is 0.391. The van der Waals surface area contributed by atoms with Crippen LogP contribution in [0.4, 0.5) is 0 Å². The van der Waals surface area contributed by atoms with Gasteiger partial charge in [-0.1, -0.05) is 12.1 Å². The fourth-order valence-corrected chi connectivity index (χ4v) is 3.78. The Bertz CT molecular complexity index is 1270. The lowest BCUT2D eigenvalue weighted by Crippen LogP contribution is -1.98. The van der Waals surface area contributed by atoms with E-state index in [1.165, 1.54) is 5.56 Å². The molecule has 30 heavy (non-hydrogen) atoms. The topological polar surface area (TPSA) is 59.6 Å². The fraction of sp³-hybridized carbons (Fsp3) is 0.167. The molecule has 0 aliphatic rings. The number of aromatic nitrogens is 2. The predicted molar refractivity (Wildman–Crippen MR) is 120 cm³/mol. The zero-order valence-electron chi connectivity index (χ0n) is 16.9. The van der Waals surface area contributed by atoms with Crippen LogP contribution in [0.1, 0.15) is 22.3 Å². The Morgan fingerprint density at radius 2 is 1.80 bits per heavy atom. The number of benzene rings is 2. The number of fused-ring (bicyclic) bond motifs is 1. The van der Waals surface area contributed by atoms with Crippen LogP contribution in [-0.2, 0) is 6.61 Å². The number of methoxy groups -OCH3 is 1. The van der Waals surface area contributed by atoms with Gasteiger partial charge >= 0.3 is 0 Å². The minimum Gasteiger partial charge on any atom is -0.493 e. The summed E-state index contributed by atoms with van der Waals surface area (Å²) in [6.45, 7) is 4.55. The van der Waals surface area contributed by atoms with Crippen molar-refractivity contribution in [3.63, 3.8) is 0 Å². The van der Waals surface area contributed by atoms with Crippen molar-refractivity contribution in [2.75, 3.05) is 7.11 Å². The van der Waals surface area contributed by atoms with Gasteiger partial charge in [0, 0.05) is 22.4 Å². The van der Waals surface area contributed by atoms with Crippen molar-refractivity contribution < 1.29 is 9.47 Å². The van der Waals surface area contributed by atoms with Crippen LogP contribution in [0.15, 0.2) is 59.3 Å². The molecule has 0 fully saturated rings. The fourth-order valence-electron chi connectivity index (χ4n) is 3.26. The van der Waals surface area contributed by atoms with Crippen LogP contribution in [0.5, 0.6) is 11.5 Å². The van der Waals surface area contributed by atoms with E-state index in [1.807, 2.05) is 47.1 Å².